The van der Waals surface area contributed by atoms with E-state index in [1.54, 1.807) is 13.3 Å². The Labute approximate surface area is 209 Å². The van der Waals surface area contributed by atoms with E-state index in [1.165, 1.54) is 0 Å². The first-order chi connectivity index (χ1) is 17.3. The van der Waals surface area contributed by atoms with Gasteiger partial charge in [-0.05, 0) is 80.4 Å². The van der Waals surface area contributed by atoms with E-state index in [-0.39, 0.29) is 17.8 Å². The Morgan fingerprint density at radius 1 is 1.08 bits per heavy atom. The van der Waals surface area contributed by atoms with Crippen LogP contribution in [0.4, 0.5) is 13.2 Å². The molecule has 0 radical (unpaired) electrons. The largest absolute Gasteiger partial charge is 0.497 e. The van der Waals surface area contributed by atoms with Crippen LogP contribution in [0.1, 0.15) is 43.0 Å². The third-order valence-corrected chi connectivity index (χ3v) is 7.32. The Kier molecular flexibility index (Phi) is 8.36. The van der Waals surface area contributed by atoms with E-state index >= 15 is 4.39 Å². The summed E-state index contributed by atoms with van der Waals surface area (Å²) in [6.45, 7) is 4.28. The van der Waals surface area contributed by atoms with Gasteiger partial charge in [-0.2, -0.15) is 0 Å². The summed E-state index contributed by atoms with van der Waals surface area (Å²) in [5.74, 6) is -0.513. The van der Waals surface area contributed by atoms with Gasteiger partial charge < -0.3 is 14.6 Å². The van der Waals surface area contributed by atoms with Gasteiger partial charge in [0.15, 0.2) is 0 Å². The zero-order chi connectivity index (χ0) is 25.7. The molecule has 3 aromatic rings. The van der Waals surface area contributed by atoms with E-state index in [9.17, 15) is 13.9 Å². The molecule has 0 saturated carbocycles. The molecule has 1 atom stereocenters. The number of methoxy groups -OCH3 is 1. The highest BCUT2D eigenvalue weighted by atomic mass is 19.1. The fourth-order valence-corrected chi connectivity index (χ4v) is 5.05. The molecule has 0 spiro atoms. The summed E-state index contributed by atoms with van der Waals surface area (Å²) in [5.41, 5.74) is 1.83. The SMILES string of the molecule is COc1ccc2ncc(C)c([C@H](F)CCC3(CO)CCN(CCOc4cc(F)cc(F)c4)CC3)c2c1. The molecule has 36 heavy (non-hydrogen) atoms. The number of likely N-dealkylation sites (tertiary alicyclic amines) is 1. The third-order valence-electron chi connectivity index (χ3n) is 7.32. The zero-order valence-corrected chi connectivity index (χ0v) is 20.8. The molecule has 4 rings (SSSR count). The number of alkyl halides is 1. The molecule has 5 nitrogen and oxygen atoms in total. The molecule has 1 aromatic heterocycles. The van der Waals surface area contributed by atoms with Gasteiger partial charge in [0.1, 0.15) is 35.9 Å². The van der Waals surface area contributed by atoms with Gasteiger partial charge in [-0.15, -0.1) is 0 Å². The maximum Gasteiger partial charge on any atom is 0.129 e. The highest BCUT2D eigenvalue weighted by molar-refractivity contribution is 5.84. The van der Waals surface area contributed by atoms with E-state index < -0.39 is 17.8 Å². The molecule has 0 aliphatic carbocycles. The standard InChI is InChI=1S/C28H33F3N2O3/c1-19-17-32-26-4-3-22(35-2)16-24(26)27(19)25(31)5-6-28(18-34)7-9-33(10-8-28)11-12-36-23-14-20(29)13-21(30)15-23/h3-4,13-17,25,34H,5-12,18H2,1-2H3/t25-/m1/s1. The number of pyridine rings is 1. The molecule has 2 heterocycles. The second-order valence-electron chi connectivity index (χ2n) is 9.70. The quantitative estimate of drug-likeness (QED) is 0.381. The van der Waals surface area contributed by atoms with Crippen molar-refractivity contribution < 1.29 is 27.8 Å². The summed E-state index contributed by atoms with van der Waals surface area (Å²) >= 11 is 0. The number of hydrogen-bond acceptors (Lipinski definition) is 5. The highest BCUT2D eigenvalue weighted by Crippen LogP contribution is 2.40. The minimum atomic E-state index is -1.18. The lowest BCUT2D eigenvalue weighted by Crippen LogP contribution is -2.43. The Bertz CT molecular complexity index is 1160. The molecule has 1 aliphatic rings. The molecule has 1 fully saturated rings. The third kappa shape index (κ3) is 6.10. The number of aromatic nitrogens is 1. The van der Waals surface area contributed by atoms with Crippen molar-refractivity contribution in [1.29, 1.82) is 0 Å². The predicted molar refractivity (Wildman–Crippen MR) is 133 cm³/mol. The number of fused-ring (bicyclic) bond motifs is 1. The zero-order valence-electron chi connectivity index (χ0n) is 20.8. The molecular weight excluding hydrogens is 469 g/mol. The molecule has 0 bridgehead atoms. The normalized spacial score (nSPS) is 16.7. The molecule has 0 amide bonds. The first-order valence-corrected chi connectivity index (χ1v) is 12.3. The van der Waals surface area contributed by atoms with Crippen molar-refractivity contribution in [2.45, 2.75) is 38.8 Å². The van der Waals surface area contributed by atoms with Crippen LogP contribution in [-0.2, 0) is 0 Å². The minimum absolute atomic E-state index is 0.0104. The summed E-state index contributed by atoms with van der Waals surface area (Å²) in [7, 11) is 1.59. The van der Waals surface area contributed by atoms with Gasteiger partial charge in [-0.3, -0.25) is 9.88 Å². The monoisotopic (exact) mass is 502 g/mol. The minimum Gasteiger partial charge on any atom is -0.497 e. The molecular formula is C28H33F3N2O3. The van der Waals surface area contributed by atoms with Crippen LogP contribution in [0.2, 0.25) is 0 Å². The molecule has 194 valence electrons. The number of aliphatic hydroxyl groups excluding tert-OH is 1. The molecule has 2 aromatic carbocycles. The van der Waals surface area contributed by atoms with E-state index in [4.69, 9.17) is 9.47 Å². The number of ether oxygens (including phenoxy) is 2. The van der Waals surface area contributed by atoms with Crippen molar-refractivity contribution in [3.05, 3.63) is 65.4 Å². The topological polar surface area (TPSA) is 54.8 Å². The van der Waals surface area contributed by atoms with Gasteiger partial charge in [-0.1, -0.05) is 0 Å². The molecule has 0 unspecified atom stereocenters. The van der Waals surface area contributed by atoms with Crippen LogP contribution in [0.5, 0.6) is 11.5 Å². The lowest BCUT2D eigenvalue weighted by Gasteiger charge is -2.41. The predicted octanol–water partition coefficient (Wildman–Crippen LogP) is 5.77. The maximum absolute atomic E-state index is 15.7. The Morgan fingerprint density at radius 3 is 2.47 bits per heavy atom. The summed E-state index contributed by atoms with van der Waals surface area (Å²) in [5, 5.41) is 11.0. The maximum atomic E-state index is 15.7. The van der Waals surface area contributed by atoms with E-state index in [2.05, 4.69) is 9.88 Å². The number of aliphatic hydroxyl groups is 1. The highest BCUT2D eigenvalue weighted by Gasteiger charge is 2.35. The van der Waals surface area contributed by atoms with Crippen LogP contribution >= 0.6 is 0 Å². The summed E-state index contributed by atoms with van der Waals surface area (Å²) in [4.78, 5) is 6.62. The fourth-order valence-electron chi connectivity index (χ4n) is 5.05. The van der Waals surface area contributed by atoms with Crippen LogP contribution in [0.3, 0.4) is 0 Å². The number of rotatable bonds is 10. The number of piperidine rings is 1. The van der Waals surface area contributed by atoms with Crippen molar-refractivity contribution in [1.82, 2.24) is 9.88 Å². The van der Waals surface area contributed by atoms with E-state index in [0.29, 0.717) is 37.3 Å². The van der Waals surface area contributed by atoms with Gasteiger partial charge in [0.25, 0.3) is 0 Å². The summed E-state index contributed by atoms with van der Waals surface area (Å²) in [6.07, 6.45) is 2.90. The van der Waals surface area contributed by atoms with Gasteiger partial charge in [0.2, 0.25) is 0 Å². The number of benzene rings is 2. The van der Waals surface area contributed by atoms with Crippen LogP contribution in [0.15, 0.2) is 42.6 Å². The first-order valence-electron chi connectivity index (χ1n) is 12.3. The van der Waals surface area contributed by atoms with Crippen molar-refractivity contribution in [2.24, 2.45) is 5.41 Å². The van der Waals surface area contributed by atoms with Crippen LogP contribution < -0.4 is 9.47 Å². The van der Waals surface area contributed by atoms with Crippen molar-refractivity contribution in [2.75, 3.05) is 40.0 Å². The van der Waals surface area contributed by atoms with Crippen LogP contribution in [0.25, 0.3) is 10.9 Å². The lowest BCUT2D eigenvalue weighted by atomic mass is 9.74. The van der Waals surface area contributed by atoms with Crippen molar-refractivity contribution in [3.63, 3.8) is 0 Å². The second-order valence-corrected chi connectivity index (χ2v) is 9.70. The second kappa shape index (κ2) is 11.5. The Balaban J connectivity index is 1.33. The number of nitrogens with zero attached hydrogens (tertiary/aromatic N) is 2. The van der Waals surface area contributed by atoms with Gasteiger partial charge in [0.05, 0.1) is 12.6 Å². The van der Waals surface area contributed by atoms with Crippen LogP contribution in [0, 0.1) is 24.0 Å². The molecule has 1 saturated heterocycles. The summed E-state index contributed by atoms with van der Waals surface area (Å²) in [6, 6.07) is 8.61. The lowest BCUT2D eigenvalue weighted by molar-refractivity contribution is 0.0266. The number of halogens is 3. The Hall–Kier alpha value is -2.84. The van der Waals surface area contributed by atoms with Gasteiger partial charge in [-0.25, -0.2) is 13.2 Å². The fraction of sp³-hybridized carbons (Fsp3) is 0.464. The average molecular weight is 503 g/mol. The molecule has 1 aliphatic heterocycles. The van der Waals surface area contributed by atoms with Gasteiger partial charge in [0, 0.05) is 42.9 Å². The summed E-state index contributed by atoms with van der Waals surface area (Å²) < 4.78 is 53.1. The molecule has 1 N–H and O–H groups in total. The van der Waals surface area contributed by atoms with Crippen molar-refractivity contribution >= 4 is 10.9 Å². The van der Waals surface area contributed by atoms with Crippen LogP contribution in [-0.4, -0.2) is 54.9 Å². The average Bonchev–Trinajstić information content (AvgIpc) is 2.87. The molecule has 8 heteroatoms. The van der Waals surface area contributed by atoms with Crippen molar-refractivity contribution in [3.8, 4) is 11.5 Å². The Morgan fingerprint density at radius 2 is 1.81 bits per heavy atom. The smallest absolute Gasteiger partial charge is 0.129 e. The van der Waals surface area contributed by atoms with E-state index in [1.807, 2.05) is 25.1 Å². The first kappa shape index (κ1) is 26.2. The van der Waals surface area contributed by atoms with Gasteiger partial charge >= 0.3 is 0 Å². The number of aryl methyl sites for hydroxylation is 1. The van der Waals surface area contributed by atoms with E-state index in [0.717, 1.165) is 60.6 Å². The number of hydrogen-bond donors (Lipinski definition) is 1.